The zero-order valence-electron chi connectivity index (χ0n) is 14.0. The first-order valence-corrected chi connectivity index (χ1v) is 8.42. The molecule has 2 aliphatic rings. The number of phenolic OH excluding ortho intramolecular Hbond substituents is 1. The Morgan fingerprint density at radius 1 is 0.852 bits per heavy atom. The van der Waals surface area contributed by atoms with Crippen molar-refractivity contribution in [3.8, 4) is 11.5 Å². The van der Waals surface area contributed by atoms with E-state index in [1.807, 2.05) is 0 Å². The zero-order chi connectivity index (χ0) is 19.8. The Bertz CT molecular complexity index is 669. The van der Waals surface area contributed by atoms with Gasteiger partial charge in [0.25, 0.3) is 0 Å². The summed E-state index contributed by atoms with van der Waals surface area (Å²) in [5, 5.41) is 8.51. The van der Waals surface area contributed by atoms with Gasteiger partial charge in [-0.3, -0.25) is 0 Å². The van der Waals surface area contributed by atoms with Crippen molar-refractivity contribution in [1.29, 1.82) is 0 Å². The number of epoxide rings is 2. The molecule has 0 bridgehead atoms. The van der Waals surface area contributed by atoms with Gasteiger partial charge in [0, 0.05) is 36.4 Å². The quantitative estimate of drug-likeness (QED) is 0.471. The number of hydrogen-bond acceptors (Lipinski definition) is 4. The average Bonchev–Trinajstić information content (AvgIpc) is 3.46. The van der Waals surface area contributed by atoms with E-state index < -0.39 is 29.0 Å². The highest BCUT2D eigenvalue weighted by atomic mass is 35.5. The molecule has 1 N–H and O–H groups in total. The maximum Gasteiger partial charge on any atom is 0.129 e. The Morgan fingerprint density at radius 3 is 1.63 bits per heavy atom. The van der Waals surface area contributed by atoms with Gasteiger partial charge in [0.2, 0.25) is 0 Å². The van der Waals surface area contributed by atoms with Crippen LogP contribution < -0.4 is 4.74 Å². The lowest BCUT2D eigenvalue weighted by Gasteiger charge is -2.03. The summed E-state index contributed by atoms with van der Waals surface area (Å²) in [6.45, 7) is 1.89. The summed E-state index contributed by atoms with van der Waals surface area (Å²) in [5.74, 6) is -2.33. The molecular formula is C18H17ClF4O4. The van der Waals surface area contributed by atoms with E-state index in [0.29, 0.717) is 31.3 Å². The van der Waals surface area contributed by atoms with Gasteiger partial charge < -0.3 is 19.3 Å². The number of rotatable bonds is 4. The van der Waals surface area contributed by atoms with Crippen molar-refractivity contribution in [1.82, 2.24) is 0 Å². The van der Waals surface area contributed by atoms with Crippen LogP contribution in [0.2, 0.25) is 0 Å². The van der Waals surface area contributed by atoms with E-state index in [-0.39, 0.29) is 11.9 Å². The van der Waals surface area contributed by atoms with Gasteiger partial charge in [-0.2, -0.15) is 0 Å². The molecule has 0 radical (unpaired) electrons. The molecule has 27 heavy (non-hydrogen) atoms. The van der Waals surface area contributed by atoms with Crippen LogP contribution in [0.25, 0.3) is 0 Å². The van der Waals surface area contributed by atoms with Crippen LogP contribution in [0.3, 0.4) is 0 Å². The van der Waals surface area contributed by atoms with Gasteiger partial charge in [0.05, 0.1) is 25.2 Å². The van der Waals surface area contributed by atoms with Crippen molar-refractivity contribution in [3.63, 3.8) is 0 Å². The Labute approximate surface area is 158 Å². The largest absolute Gasteiger partial charge is 0.508 e. The number of ether oxygens (including phenoxy) is 3. The second-order valence-corrected chi connectivity index (χ2v) is 5.92. The minimum Gasteiger partial charge on any atom is -0.508 e. The Kier molecular flexibility index (Phi) is 8.15. The van der Waals surface area contributed by atoms with Gasteiger partial charge in [-0.1, -0.05) is 0 Å². The standard InChI is InChI=1S/C9H8F2O2.C6H4F2O.C3H5ClO/c10-6-1-7(11)3-8(2-6)12-4-9-5-13-9;7-4-1-5(8)3-6(9)2-4;4-1-3-2-5-3/h1-3,9H,4-5H2;1-3,9H;3H,1-2H2. The van der Waals surface area contributed by atoms with Gasteiger partial charge >= 0.3 is 0 Å². The number of aromatic hydroxyl groups is 1. The van der Waals surface area contributed by atoms with E-state index >= 15 is 0 Å². The first kappa shape index (κ1) is 21.3. The lowest BCUT2D eigenvalue weighted by Crippen LogP contribution is -2.04. The number of benzene rings is 2. The maximum atomic E-state index is 12.6. The molecule has 2 atom stereocenters. The average molecular weight is 409 g/mol. The number of halogens is 5. The molecule has 0 aromatic heterocycles. The molecule has 2 heterocycles. The minimum atomic E-state index is -0.771. The van der Waals surface area contributed by atoms with Crippen molar-refractivity contribution in [2.45, 2.75) is 12.2 Å². The summed E-state index contributed by atoms with van der Waals surface area (Å²) in [6, 6.07) is 5.46. The monoisotopic (exact) mass is 408 g/mol. The third kappa shape index (κ3) is 9.46. The molecule has 2 saturated heterocycles. The van der Waals surface area contributed by atoms with E-state index in [1.165, 1.54) is 0 Å². The molecule has 2 aromatic carbocycles. The van der Waals surface area contributed by atoms with Crippen LogP contribution >= 0.6 is 11.6 Å². The molecule has 2 aliphatic heterocycles. The molecule has 4 rings (SSSR count). The third-order valence-electron chi connectivity index (χ3n) is 3.10. The van der Waals surface area contributed by atoms with E-state index in [0.717, 1.165) is 36.9 Å². The summed E-state index contributed by atoms with van der Waals surface area (Å²) in [6.07, 6.45) is 0.489. The summed E-state index contributed by atoms with van der Waals surface area (Å²) in [7, 11) is 0. The fourth-order valence-electron chi connectivity index (χ4n) is 1.66. The lowest BCUT2D eigenvalue weighted by atomic mass is 10.3. The number of hydrogen-bond donors (Lipinski definition) is 1. The zero-order valence-corrected chi connectivity index (χ0v) is 14.8. The highest BCUT2D eigenvalue weighted by Crippen LogP contribution is 2.17. The van der Waals surface area contributed by atoms with Gasteiger partial charge in [-0.15, -0.1) is 11.6 Å². The van der Waals surface area contributed by atoms with Crippen LogP contribution in [0, 0.1) is 23.3 Å². The van der Waals surface area contributed by atoms with Gasteiger partial charge in [-0.05, 0) is 0 Å². The molecule has 4 nitrogen and oxygen atoms in total. The highest BCUT2D eigenvalue weighted by molar-refractivity contribution is 6.18. The van der Waals surface area contributed by atoms with E-state index in [9.17, 15) is 17.6 Å². The first-order valence-electron chi connectivity index (χ1n) is 7.89. The first-order chi connectivity index (χ1) is 12.9. The SMILES string of the molecule is ClCC1CO1.Fc1cc(F)cc(OCC2CO2)c1.Oc1cc(F)cc(F)c1. The molecule has 0 saturated carbocycles. The van der Waals surface area contributed by atoms with Crippen molar-refractivity contribution < 1.29 is 36.9 Å². The number of phenols is 1. The highest BCUT2D eigenvalue weighted by Gasteiger charge is 2.23. The Hall–Kier alpha value is -2.03. The molecule has 2 fully saturated rings. The molecule has 9 heteroatoms. The van der Waals surface area contributed by atoms with Crippen LogP contribution in [-0.2, 0) is 9.47 Å². The smallest absolute Gasteiger partial charge is 0.129 e. The molecule has 148 valence electrons. The fourth-order valence-corrected chi connectivity index (χ4v) is 1.84. The van der Waals surface area contributed by atoms with Crippen LogP contribution in [0.5, 0.6) is 11.5 Å². The van der Waals surface area contributed by atoms with Crippen molar-refractivity contribution in [2.75, 3.05) is 25.7 Å². The number of alkyl halides is 1. The van der Waals surface area contributed by atoms with E-state index in [2.05, 4.69) is 0 Å². The second-order valence-electron chi connectivity index (χ2n) is 5.61. The van der Waals surface area contributed by atoms with Crippen LogP contribution in [0.1, 0.15) is 0 Å². The molecule has 2 unspecified atom stereocenters. The Balaban J connectivity index is 0.000000161. The van der Waals surface area contributed by atoms with Crippen LogP contribution in [0.15, 0.2) is 36.4 Å². The third-order valence-corrected chi connectivity index (χ3v) is 3.44. The van der Waals surface area contributed by atoms with Gasteiger partial charge in [0.1, 0.15) is 47.5 Å². The predicted molar refractivity (Wildman–Crippen MR) is 90.1 cm³/mol. The van der Waals surface area contributed by atoms with Crippen molar-refractivity contribution >= 4 is 11.6 Å². The second kappa shape index (κ2) is 10.3. The van der Waals surface area contributed by atoms with Crippen LogP contribution in [0.4, 0.5) is 17.6 Å². The molecule has 0 aliphatic carbocycles. The topological polar surface area (TPSA) is 54.5 Å². The van der Waals surface area contributed by atoms with Gasteiger partial charge in [0.15, 0.2) is 0 Å². The Morgan fingerprint density at radius 2 is 1.30 bits per heavy atom. The maximum absolute atomic E-state index is 12.6. The predicted octanol–water partition coefficient (Wildman–Crippen LogP) is 4.04. The van der Waals surface area contributed by atoms with Crippen molar-refractivity contribution in [3.05, 3.63) is 59.7 Å². The summed E-state index contributed by atoms with van der Waals surface area (Å²) in [4.78, 5) is 0. The summed E-state index contributed by atoms with van der Waals surface area (Å²) in [5.41, 5.74) is 0. The normalized spacial score (nSPS) is 19.1. The molecule has 0 spiro atoms. The minimum absolute atomic E-state index is 0.0892. The van der Waals surface area contributed by atoms with E-state index in [4.69, 9.17) is 30.9 Å². The van der Waals surface area contributed by atoms with Crippen LogP contribution in [-0.4, -0.2) is 43.0 Å². The summed E-state index contributed by atoms with van der Waals surface area (Å²) >= 11 is 5.27. The van der Waals surface area contributed by atoms with E-state index in [1.54, 1.807) is 0 Å². The molecular weight excluding hydrogens is 392 g/mol. The summed E-state index contributed by atoms with van der Waals surface area (Å²) < 4.78 is 64.0. The fraction of sp³-hybridized carbons (Fsp3) is 0.333. The molecule has 2 aromatic rings. The lowest BCUT2D eigenvalue weighted by molar-refractivity contribution is 0.261. The van der Waals surface area contributed by atoms with Crippen molar-refractivity contribution in [2.24, 2.45) is 0 Å². The van der Waals surface area contributed by atoms with Gasteiger partial charge in [-0.25, -0.2) is 17.6 Å². The molecule has 0 amide bonds.